The van der Waals surface area contributed by atoms with Crippen LogP contribution >= 0.6 is 24.0 Å². The molecule has 2 saturated heterocycles. The number of carbonyl (C=O) groups is 1. The third kappa shape index (κ3) is 4.62. The lowest BCUT2D eigenvalue weighted by molar-refractivity contribution is -0.130. The average molecular weight is 357 g/mol. The first kappa shape index (κ1) is 18.6. The van der Waals surface area contributed by atoms with Gasteiger partial charge in [0.1, 0.15) is 0 Å². The summed E-state index contributed by atoms with van der Waals surface area (Å²) in [5, 5.41) is 7.62. The Labute approximate surface area is 150 Å². The molecule has 2 unspecified atom stereocenters. The highest BCUT2D eigenvalue weighted by atomic mass is 35.5. The van der Waals surface area contributed by atoms with Crippen molar-refractivity contribution in [2.75, 3.05) is 0 Å². The molecule has 3 nitrogen and oxygen atoms in total. The molecule has 5 heteroatoms. The maximum Gasteiger partial charge on any atom is 0.226 e. The fraction of sp³-hybridized carbons (Fsp3) is 0.611. The molecule has 2 aliphatic heterocycles. The largest absolute Gasteiger partial charge is 0.353 e. The maximum absolute atomic E-state index is 12.7. The van der Waals surface area contributed by atoms with E-state index in [2.05, 4.69) is 10.6 Å². The van der Waals surface area contributed by atoms with Gasteiger partial charge >= 0.3 is 0 Å². The Kier molecular flexibility index (Phi) is 5.99. The molecule has 2 N–H and O–H groups in total. The monoisotopic (exact) mass is 356 g/mol. The van der Waals surface area contributed by atoms with Crippen molar-refractivity contribution in [3.8, 4) is 0 Å². The van der Waals surface area contributed by atoms with Gasteiger partial charge in [-0.25, -0.2) is 0 Å². The highest BCUT2D eigenvalue weighted by Crippen LogP contribution is 2.29. The normalized spacial score (nSPS) is 26.5. The standard InChI is InChI=1S/C18H25ClN2O.ClH/c1-18(2,11-12-4-3-5-13(19)8-12)17(22)21-16-9-14-6-7-15(10-16)20-14;/h3-5,8,14-16,20H,6-7,9-11H2,1-2H3,(H,21,22);1H. The number of hydrogen-bond donors (Lipinski definition) is 2. The van der Waals surface area contributed by atoms with Crippen LogP contribution in [0.3, 0.4) is 0 Å². The van der Waals surface area contributed by atoms with Crippen LogP contribution < -0.4 is 10.6 Å². The molecule has 1 aromatic rings. The van der Waals surface area contributed by atoms with Gasteiger partial charge in [-0.15, -0.1) is 12.4 Å². The van der Waals surface area contributed by atoms with Crippen LogP contribution in [0.2, 0.25) is 5.02 Å². The highest BCUT2D eigenvalue weighted by Gasteiger charge is 2.36. The second-order valence-electron chi connectivity index (χ2n) is 7.47. The summed E-state index contributed by atoms with van der Waals surface area (Å²) >= 11 is 6.04. The smallest absolute Gasteiger partial charge is 0.226 e. The molecule has 3 rings (SSSR count). The molecule has 2 fully saturated rings. The molecular formula is C18H26Cl2N2O. The summed E-state index contributed by atoms with van der Waals surface area (Å²) in [4.78, 5) is 12.7. The van der Waals surface area contributed by atoms with E-state index in [4.69, 9.17) is 11.6 Å². The summed E-state index contributed by atoms with van der Waals surface area (Å²) in [5.74, 6) is 0.152. The first-order valence-corrected chi connectivity index (χ1v) is 8.62. The van der Waals surface area contributed by atoms with Crippen LogP contribution in [0.25, 0.3) is 0 Å². The lowest BCUT2D eigenvalue weighted by Crippen LogP contribution is -2.51. The number of amides is 1. The van der Waals surface area contributed by atoms with Crippen LogP contribution in [0.4, 0.5) is 0 Å². The molecule has 0 radical (unpaired) electrons. The van der Waals surface area contributed by atoms with Gasteiger partial charge in [0.15, 0.2) is 0 Å². The van der Waals surface area contributed by atoms with E-state index in [1.165, 1.54) is 12.8 Å². The second kappa shape index (κ2) is 7.42. The fourth-order valence-electron chi connectivity index (χ4n) is 3.79. The van der Waals surface area contributed by atoms with Gasteiger partial charge in [-0.2, -0.15) is 0 Å². The topological polar surface area (TPSA) is 41.1 Å². The minimum Gasteiger partial charge on any atom is -0.353 e. The van der Waals surface area contributed by atoms with Gasteiger partial charge in [-0.3, -0.25) is 4.79 Å². The van der Waals surface area contributed by atoms with Gasteiger partial charge in [-0.05, 0) is 49.8 Å². The molecule has 2 bridgehead atoms. The van der Waals surface area contributed by atoms with Gasteiger partial charge in [0.05, 0.1) is 0 Å². The van der Waals surface area contributed by atoms with Gasteiger partial charge in [0.25, 0.3) is 0 Å². The zero-order chi connectivity index (χ0) is 15.7. The van der Waals surface area contributed by atoms with Crippen molar-refractivity contribution in [2.24, 2.45) is 5.41 Å². The zero-order valence-electron chi connectivity index (χ0n) is 13.8. The number of rotatable bonds is 4. The summed E-state index contributed by atoms with van der Waals surface area (Å²) in [6.07, 6.45) is 5.34. The quantitative estimate of drug-likeness (QED) is 0.862. The Bertz CT molecular complexity index is 550. The van der Waals surface area contributed by atoms with Gasteiger partial charge in [-0.1, -0.05) is 37.6 Å². The van der Waals surface area contributed by atoms with Crippen LogP contribution in [0.15, 0.2) is 24.3 Å². The first-order chi connectivity index (χ1) is 10.4. The van der Waals surface area contributed by atoms with Crippen molar-refractivity contribution in [3.63, 3.8) is 0 Å². The van der Waals surface area contributed by atoms with Crippen LogP contribution in [0, 0.1) is 5.41 Å². The molecule has 0 saturated carbocycles. The third-order valence-corrected chi connectivity index (χ3v) is 5.19. The number of halogens is 2. The molecule has 1 amide bonds. The summed E-state index contributed by atoms with van der Waals surface area (Å²) in [6, 6.07) is 9.30. The van der Waals surface area contributed by atoms with Crippen molar-refractivity contribution in [2.45, 2.75) is 64.1 Å². The molecule has 2 heterocycles. The maximum atomic E-state index is 12.7. The summed E-state index contributed by atoms with van der Waals surface area (Å²) in [7, 11) is 0. The van der Waals surface area contributed by atoms with Crippen LogP contribution in [0.1, 0.15) is 45.1 Å². The molecule has 0 spiro atoms. The summed E-state index contributed by atoms with van der Waals surface area (Å²) in [6.45, 7) is 4.03. The van der Waals surface area contributed by atoms with E-state index in [0.717, 1.165) is 23.4 Å². The summed E-state index contributed by atoms with van der Waals surface area (Å²) < 4.78 is 0. The van der Waals surface area contributed by atoms with Gasteiger partial charge in [0, 0.05) is 28.6 Å². The molecule has 128 valence electrons. The fourth-order valence-corrected chi connectivity index (χ4v) is 4.01. The number of carbonyl (C=O) groups excluding carboxylic acids is 1. The number of piperidine rings is 1. The van der Waals surface area contributed by atoms with Crippen molar-refractivity contribution in [1.29, 1.82) is 0 Å². The summed E-state index contributed by atoms with van der Waals surface area (Å²) in [5.41, 5.74) is 0.687. The molecular weight excluding hydrogens is 331 g/mol. The minimum atomic E-state index is -0.422. The average Bonchev–Trinajstić information content (AvgIpc) is 2.77. The molecule has 23 heavy (non-hydrogen) atoms. The Hall–Kier alpha value is -0.770. The van der Waals surface area contributed by atoms with E-state index in [0.29, 0.717) is 24.5 Å². The van der Waals surface area contributed by atoms with E-state index < -0.39 is 5.41 Å². The minimum absolute atomic E-state index is 0. The van der Waals surface area contributed by atoms with E-state index >= 15 is 0 Å². The Balaban J connectivity index is 0.00000192. The van der Waals surface area contributed by atoms with Crippen molar-refractivity contribution < 1.29 is 4.79 Å². The predicted molar refractivity (Wildman–Crippen MR) is 97.3 cm³/mol. The van der Waals surface area contributed by atoms with Crippen molar-refractivity contribution in [1.82, 2.24) is 10.6 Å². The molecule has 0 aromatic heterocycles. The van der Waals surface area contributed by atoms with Gasteiger partial charge < -0.3 is 10.6 Å². The molecule has 1 aromatic carbocycles. The Morgan fingerprint density at radius 2 is 1.96 bits per heavy atom. The van der Waals surface area contributed by atoms with Crippen LogP contribution in [-0.4, -0.2) is 24.0 Å². The Morgan fingerprint density at radius 3 is 2.57 bits per heavy atom. The highest BCUT2D eigenvalue weighted by molar-refractivity contribution is 6.30. The zero-order valence-corrected chi connectivity index (χ0v) is 15.3. The molecule has 2 atom stereocenters. The number of benzene rings is 1. The van der Waals surface area contributed by atoms with Crippen molar-refractivity contribution in [3.05, 3.63) is 34.9 Å². The lowest BCUT2D eigenvalue weighted by atomic mass is 9.84. The van der Waals surface area contributed by atoms with E-state index in [1.54, 1.807) is 0 Å². The third-order valence-electron chi connectivity index (χ3n) is 4.96. The van der Waals surface area contributed by atoms with Crippen LogP contribution in [-0.2, 0) is 11.2 Å². The van der Waals surface area contributed by atoms with Crippen molar-refractivity contribution >= 4 is 29.9 Å². The molecule has 2 aliphatic rings. The predicted octanol–water partition coefficient (Wildman–Crippen LogP) is 3.73. The molecule has 0 aliphatic carbocycles. The second-order valence-corrected chi connectivity index (χ2v) is 7.91. The Morgan fingerprint density at radius 1 is 1.30 bits per heavy atom. The van der Waals surface area contributed by atoms with Gasteiger partial charge in [0.2, 0.25) is 5.91 Å². The number of hydrogen-bond acceptors (Lipinski definition) is 2. The van der Waals surface area contributed by atoms with E-state index in [9.17, 15) is 4.79 Å². The number of nitrogens with one attached hydrogen (secondary N) is 2. The van der Waals surface area contributed by atoms with Crippen LogP contribution in [0.5, 0.6) is 0 Å². The SMILES string of the molecule is CC(C)(Cc1cccc(Cl)c1)C(=O)NC1CC2CCC(C1)N2.Cl. The lowest BCUT2D eigenvalue weighted by Gasteiger charge is -2.33. The first-order valence-electron chi connectivity index (χ1n) is 8.24. The number of fused-ring (bicyclic) bond motifs is 2. The van der Waals surface area contributed by atoms with E-state index in [-0.39, 0.29) is 18.3 Å². The van der Waals surface area contributed by atoms with E-state index in [1.807, 2.05) is 38.1 Å².